The fourth-order valence-corrected chi connectivity index (χ4v) is 3.04. The van der Waals surface area contributed by atoms with Crippen LogP contribution in [0.5, 0.6) is 0 Å². The molecule has 132 valence electrons. The van der Waals surface area contributed by atoms with Crippen molar-refractivity contribution >= 4 is 11.9 Å². The number of piperidine rings is 1. The zero-order chi connectivity index (χ0) is 17.5. The molecule has 0 bridgehead atoms. The van der Waals surface area contributed by atoms with E-state index in [9.17, 15) is 14.0 Å². The first-order chi connectivity index (χ1) is 11.5. The maximum Gasteiger partial charge on any atom is 0.317 e. The van der Waals surface area contributed by atoms with Crippen LogP contribution in [0.2, 0.25) is 0 Å². The van der Waals surface area contributed by atoms with Gasteiger partial charge >= 0.3 is 6.03 Å². The zero-order valence-electron chi connectivity index (χ0n) is 14.3. The monoisotopic (exact) mass is 335 g/mol. The second-order valence-electron chi connectivity index (χ2n) is 6.33. The molecule has 6 heteroatoms. The zero-order valence-corrected chi connectivity index (χ0v) is 14.3. The standard InChI is InChI=1S/C18H26FN3O2/c1-3-20-17(23)15-8-6-10-22(12-15)18(24)21-13(2)11-14-7-4-5-9-16(14)19/h4-5,7,9,13,15H,3,6,8,10-12H2,1-2H3,(H,20,23)(H,21,24)/t13-,15-/m0/s1. The largest absolute Gasteiger partial charge is 0.356 e. The first kappa shape index (κ1) is 18.2. The minimum absolute atomic E-state index is 0.00871. The molecule has 0 spiro atoms. The van der Waals surface area contributed by atoms with E-state index in [4.69, 9.17) is 0 Å². The summed E-state index contributed by atoms with van der Waals surface area (Å²) in [6, 6.07) is 6.22. The average molecular weight is 335 g/mol. The number of nitrogens with one attached hydrogen (secondary N) is 2. The fourth-order valence-electron chi connectivity index (χ4n) is 3.04. The SMILES string of the molecule is CCNC(=O)[C@H]1CCCN(C(=O)N[C@@H](C)Cc2ccccc2F)C1. The molecule has 2 N–H and O–H groups in total. The van der Waals surface area contributed by atoms with E-state index < -0.39 is 0 Å². The summed E-state index contributed by atoms with van der Waals surface area (Å²) in [6.45, 7) is 5.42. The van der Waals surface area contributed by atoms with Crippen molar-refractivity contribution < 1.29 is 14.0 Å². The van der Waals surface area contributed by atoms with Gasteiger partial charge in [0.15, 0.2) is 0 Å². The number of hydrogen-bond acceptors (Lipinski definition) is 2. The highest BCUT2D eigenvalue weighted by Crippen LogP contribution is 2.17. The molecule has 2 atom stereocenters. The third kappa shape index (κ3) is 4.94. The van der Waals surface area contributed by atoms with E-state index in [0.717, 1.165) is 12.8 Å². The normalized spacial score (nSPS) is 18.8. The highest BCUT2D eigenvalue weighted by atomic mass is 19.1. The molecule has 1 fully saturated rings. The van der Waals surface area contributed by atoms with Crippen LogP contribution in [0, 0.1) is 11.7 Å². The summed E-state index contributed by atoms with van der Waals surface area (Å²) in [6.07, 6.45) is 2.06. The molecule has 0 aromatic heterocycles. The van der Waals surface area contributed by atoms with Gasteiger partial charge in [0.2, 0.25) is 5.91 Å². The van der Waals surface area contributed by atoms with Crippen molar-refractivity contribution in [3.8, 4) is 0 Å². The Hall–Kier alpha value is -2.11. The Balaban J connectivity index is 1.87. The predicted octanol–water partition coefficient (Wildman–Crippen LogP) is 2.31. The molecule has 24 heavy (non-hydrogen) atoms. The van der Waals surface area contributed by atoms with Crippen LogP contribution in [0.15, 0.2) is 24.3 Å². The van der Waals surface area contributed by atoms with Crippen LogP contribution < -0.4 is 10.6 Å². The van der Waals surface area contributed by atoms with Crippen molar-refractivity contribution in [2.45, 2.75) is 39.2 Å². The minimum Gasteiger partial charge on any atom is -0.356 e. The third-order valence-electron chi connectivity index (χ3n) is 4.28. The van der Waals surface area contributed by atoms with Crippen LogP contribution in [-0.2, 0) is 11.2 Å². The number of likely N-dealkylation sites (tertiary alicyclic amines) is 1. The molecule has 1 aliphatic heterocycles. The van der Waals surface area contributed by atoms with E-state index in [2.05, 4.69) is 10.6 Å². The maximum atomic E-state index is 13.7. The summed E-state index contributed by atoms with van der Waals surface area (Å²) in [7, 11) is 0. The highest BCUT2D eigenvalue weighted by molar-refractivity contribution is 5.80. The average Bonchev–Trinajstić information content (AvgIpc) is 2.57. The summed E-state index contributed by atoms with van der Waals surface area (Å²) >= 11 is 0. The Bertz CT molecular complexity index is 579. The molecular formula is C18H26FN3O2. The number of carbonyl (C=O) groups is 2. The summed E-state index contributed by atoms with van der Waals surface area (Å²) in [5.74, 6) is -0.395. The molecule has 1 aromatic carbocycles. The summed E-state index contributed by atoms with van der Waals surface area (Å²) < 4.78 is 13.7. The topological polar surface area (TPSA) is 61.4 Å². The number of benzene rings is 1. The van der Waals surface area contributed by atoms with Crippen LogP contribution in [0.25, 0.3) is 0 Å². The van der Waals surface area contributed by atoms with Gasteiger partial charge in [0.25, 0.3) is 0 Å². The molecule has 0 aliphatic carbocycles. The molecule has 0 radical (unpaired) electrons. The Labute approximate surface area is 142 Å². The van der Waals surface area contributed by atoms with Crippen LogP contribution in [0.4, 0.5) is 9.18 Å². The lowest BCUT2D eigenvalue weighted by Crippen LogP contribution is -2.50. The van der Waals surface area contributed by atoms with Crippen molar-refractivity contribution in [2.75, 3.05) is 19.6 Å². The molecule has 1 aliphatic rings. The summed E-state index contributed by atoms with van der Waals surface area (Å²) in [4.78, 5) is 26.0. The van der Waals surface area contributed by atoms with Gasteiger partial charge in [-0.1, -0.05) is 18.2 Å². The lowest BCUT2D eigenvalue weighted by molar-refractivity contribution is -0.126. The number of halogens is 1. The van der Waals surface area contributed by atoms with Crippen LogP contribution in [-0.4, -0.2) is 42.5 Å². The third-order valence-corrected chi connectivity index (χ3v) is 4.28. The van der Waals surface area contributed by atoms with Crippen molar-refractivity contribution in [1.29, 1.82) is 0 Å². The first-order valence-electron chi connectivity index (χ1n) is 8.57. The molecule has 5 nitrogen and oxygen atoms in total. The Morgan fingerprint density at radius 2 is 2.12 bits per heavy atom. The van der Waals surface area contributed by atoms with Gasteiger partial charge in [0.05, 0.1) is 5.92 Å². The molecule has 1 saturated heterocycles. The highest BCUT2D eigenvalue weighted by Gasteiger charge is 2.28. The van der Waals surface area contributed by atoms with Crippen LogP contribution >= 0.6 is 0 Å². The lowest BCUT2D eigenvalue weighted by atomic mass is 9.97. The van der Waals surface area contributed by atoms with E-state index in [0.29, 0.717) is 31.6 Å². The van der Waals surface area contributed by atoms with E-state index in [1.807, 2.05) is 13.8 Å². The molecule has 3 amide bonds. The second kappa shape index (κ2) is 8.66. The van der Waals surface area contributed by atoms with Gasteiger partial charge in [0, 0.05) is 25.7 Å². The Kier molecular flexibility index (Phi) is 6.58. The number of nitrogens with zero attached hydrogens (tertiary/aromatic N) is 1. The van der Waals surface area contributed by atoms with E-state index in [1.54, 1.807) is 23.1 Å². The van der Waals surface area contributed by atoms with Gasteiger partial charge in [-0.15, -0.1) is 0 Å². The molecule has 1 aromatic rings. The smallest absolute Gasteiger partial charge is 0.317 e. The number of hydrogen-bond donors (Lipinski definition) is 2. The quantitative estimate of drug-likeness (QED) is 0.867. The van der Waals surface area contributed by atoms with Crippen molar-refractivity contribution in [3.63, 3.8) is 0 Å². The van der Waals surface area contributed by atoms with Gasteiger partial charge in [-0.2, -0.15) is 0 Å². The van der Waals surface area contributed by atoms with E-state index in [1.165, 1.54) is 6.07 Å². The van der Waals surface area contributed by atoms with Crippen molar-refractivity contribution in [1.82, 2.24) is 15.5 Å². The molecule has 0 unspecified atom stereocenters. The number of rotatable bonds is 5. The summed E-state index contributed by atoms with van der Waals surface area (Å²) in [5.41, 5.74) is 0.587. The molecule has 0 saturated carbocycles. The Morgan fingerprint density at radius 1 is 1.38 bits per heavy atom. The van der Waals surface area contributed by atoms with Gasteiger partial charge in [-0.05, 0) is 44.7 Å². The lowest BCUT2D eigenvalue weighted by Gasteiger charge is -2.33. The molecule has 2 rings (SSSR count). The number of carbonyl (C=O) groups excluding carboxylic acids is 2. The van der Waals surface area contributed by atoms with Crippen molar-refractivity contribution in [2.24, 2.45) is 5.92 Å². The fraction of sp³-hybridized carbons (Fsp3) is 0.556. The van der Waals surface area contributed by atoms with Gasteiger partial charge < -0.3 is 15.5 Å². The predicted molar refractivity (Wildman–Crippen MR) is 91.1 cm³/mol. The Morgan fingerprint density at radius 3 is 2.83 bits per heavy atom. The first-order valence-corrected chi connectivity index (χ1v) is 8.57. The van der Waals surface area contributed by atoms with Crippen molar-refractivity contribution in [3.05, 3.63) is 35.6 Å². The van der Waals surface area contributed by atoms with E-state index >= 15 is 0 Å². The summed E-state index contributed by atoms with van der Waals surface area (Å²) in [5, 5.41) is 5.72. The number of urea groups is 1. The van der Waals surface area contributed by atoms with Gasteiger partial charge in [0.1, 0.15) is 5.82 Å². The van der Waals surface area contributed by atoms with Crippen LogP contribution in [0.3, 0.4) is 0 Å². The molecular weight excluding hydrogens is 309 g/mol. The maximum absolute atomic E-state index is 13.7. The van der Waals surface area contributed by atoms with E-state index in [-0.39, 0.29) is 29.7 Å². The minimum atomic E-state index is -0.257. The van der Waals surface area contributed by atoms with Gasteiger partial charge in [-0.3, -0.25) is 4.79 Å². The van der Waals surface area contributed by atoms with Gasteiger partial charge in [-0.25, -0.2) is 9.18 Å². The number of amides is 3. The molecule has 1 heterocycles. The second-order valence-corrected chi connectivity index (χ2v) is 6.33. The van der Waals surface area contributed by atoms with Crippen LogP contribution in [0.1, 0.15) is 32.3 Å².